The second kappa shape index (κ2) is 47.4. The second-order valence-electron chi connectivity index (χ2n) is 27.9. The molecule has 25 N–H and O–H groups in total. The van der Waals surface area contributed by atoms with Gasteiger partial charge in [0.25, 0.3) is 0 Å². The first-order chi connectivity index (χ1) is 53.5. The van der Waals surface area contributed by atoms with Gasteiger partial charge in [0, 0.05) is 50.5 Å². The molecule has 0 bridgehead atoms. The minimum atomic E-state index is -2.80. The maximum Gasteiger partial charge on any atom is 0.335 e. The van der Waals surface area contributed by atoms with Crippen molar-refractivity contribution in [2.24, 2.45) is 34.8 Å². The second-order valence-corrected chi connectivity index (χ2v) is 27.9. The van der Waals surface area contributed by atoms with Gasteiger partial charge < -0.3 is 127 Å². The van der Waals surface area contributed by atoms with Crippen molar-refractivity contribution in [1.82, 2.24) is 73.7 Å². The lowest BCUT2D eigenvalue weighted by Gasteiger charge is -2.32. The molecule has 1 aliphatic heterocycles. The highest BCUT2D eigenvalue weighted by Gasteiger charge is 2.44. The minimum Gasteiger partial charge on any atom is -0.481 e. The lowest BCUT2D eigenvalue weighted by Crippen LogP contribution is -2.64. The highest BCUT2D eigenvalue weighted by molar-refractivity contribution is 6.03. The molecule has 1 aromatic heterocycles. The SMILES string of the molecule is COC(C(=O)O)C1NC(=O)C(CCCCN)NC(=O)C(CC(=O)O)NC(=O)C(C)NC(=O)CN(C)C(=O)C(NC(=O)C(NC(=O)C(CC(N)=O)NC(=O)C(Cc2c[nH]c3ccccc23)NC(=O)CCCCCCC(C)C)C(O)C(N)=O)C(C)OC(=O)C(C(C)C)NC(=O)C(CCC(=O)O)NC(=O)C(CC(N)=O)NC(=O)CNC1=O. The molecule has 2 heterocycles. The third kappa shape index (κ3) is 32.4. The summed E-state index contributed by atoms with van der Waals surface area (Å²) in [6.07, 6.45) is -7.31. The van der Waals surface area contributed by atoms with Crippen LogP contribution in [-0.2, 0) is 112 Å². The molecule has 1 saturated heterocycles. The van der Waals surface area contributed by atoms with Crippen molar-refractivity contribution in [3.05, 3.63) is 36.0 Å². The van der Waals surface area contributed by atoms with Crippen LogP contribution >= 0.6 is 0 Å². The molecule has 2 aromatic rings. The molecular formula is C70H106N18O26. The van der Waals surface area contributed by atoms with Gasteiger partial charge in [0.1, 0.15) is 72.6 Å². The Labute approximate surface area is 653 Å². The predicted molar refractivity (Wildman–Crippen MR) is 396 cm³/mol. The lowest BCUT2D eigenvalue weighted by atomic mass is 10.0. The summed E-state index contributed by atoms with van der Waals surface area (Å²) in [7, 11) is 1.69. The Morgan fingerprint density at radius 1 is 0.623 bits per heavy atom. The Bertz CT molecular complexity index is 3810. The fourth-order valence-corrected chi connectivity index (χ4v) is 11.5. The van der Waals surface area contributed by atoms with E-state index in [0.717, 1.165) is 47.3 Å². The van der Waals surface area contributed by atoms with Gasteiger partial charge in [-0.3, -0.25) is 86.3 Å². The number of carbonyl (C=O) groups is 20. The number of cyclic esters (lactones) is 1. The average molecular weight is 1620 g/mol. The van der Waals surface area contributed by atoms with Crippen molar-refractivity contribution in [1.29, 1.82) is 0 Å². The van der Waals surface area contributed by atoms with Crippen LogP contribution in [-0.4, -0.2) is 267 Å². The number of unbranched alkanes of at least 4 members (excludes halogenated alkanes) is 4. The van der Waals surface area contributed by atoms with Gasteiger partial charge in [0.05, 0.1) is 32.4 Å². The molecule has 1 aliphatic rings. The average Bonchev–Trinajstić information content (AvgIpc) is 1.79. The van der Waals surface area contributed by atoms with E-state index in [9.17, 15) is 116 Å². The molecule has 44 heteroatoms. The van der Waals surface area contributed by atoms with Gasteiger partial charge >= 0.3 is 23.9 Å². The van der Waals surface area contributed by atoms with Gasteiger partial charge in [-0.25, -0.2) is 9.59 Å². The zero-order chi connectivity index (χ0) is 86.0. The van der Waals surface area contributed by atoms with E-state index in [2.05, 4.69) is 72.0 Å². The molecule has 0 aliphatic carbocycles. The Morgan fingerprint density at radius 2 is 1.21 bits per heavy atom. The molecule has 1 aromatic carbocycles. The number of aliphatic hydroxyl groups excluding tert-OH is 1. The van der Waals surface area contributed by atoms with E-state index >= 15 is 0 Å². The third-order valence-electron chi connectivity index (χ3n) is 17.7. The smallest absolute Gasteiger partial charge is 0.335 e. The van der Waals surface area contributed by atoms with Crippen LogP contribution < -0.4 is 86.7 Å². The van der Waals surface area contributed by atoms with Crippen LogP contribution in [0.1, 0.15) is 137 Å². The minimum absolute atomic E-state index is 0.00735. The van der Waals surface area contributed by atoms with Crippen molar-refractivity contribution in [2.45, 2.75) is 223 Å². The number of hydrogen-bond donors (Lipinski definition) is 21. The van der Waals surface area contributed by atoms with Gasteiger partial charge in [-0.2, -0.15) is 0 Å². The summed E-state index contributed by atoms with van der Waals surface area (Å²) in [4.78, 5) is 276. The van der Waals surface area contributed by atoms with Gasteiger partial charge in [-0.1, -0.05) is 71.6 Å². The van der Waals surface area contributed by atoms with Crippen LogP contribution in [0.4, 0.5) is 0 Å². The molecule has 14 atom stereocenters. The Morgan fingerprint density at radius 3 is 1.78 bits per heavy atom. The Balaban J connectivity index is 2.25. The number of aliphatic carboxylic acids is 3. The molecule has 14 unspecified atom stereocenters. The third-order valence-corrected chi connectivity index (χ3v) is 17.7. The highest BCUT2D eigenvalue weighted by atomic mass is 16.5. The topological polar surface area (TPSA) is 708 Å². The number of amides is 16. The number of H-pyrrole nitrogens is 1. The first kappa shape index (κ1) is 96.2. The quantitative estimate of drug-likeness (QED) is 0.0225. The zero-order valence-electron chi connectivity index (χ0n) is 64.4. The molecule has 16 amide bonds. The van der Waals surface area contributed by atoms with Crippen LogP contribution in [0.5, 0.6) is 0 Å². The number of nitrogens with one attached hydrogen (secondary N) is 13. The summed E-state index contributed by atoms with van der Waals surface area (Å²) in [5.41, 5.74) is 23.3. The lowest BCUT2D eigenvalue weighted by molar-refractivity contribution is -0.159. The largest absolute Gasteiger partial charge is 0.481 e. The molecule has 3 rings (SSSR count). The number of primary amides is 3. The number of nitrogens with two attached hydrogens (primary N) is 4. The van der Waals surface area contributed by atoms with Crippen molar-refractivity contribution < 1.29 is 126 Å². The number of fused-ring (bicyclic) bond motifs is 1. The van der Waals surface area contributed by atoms with Crippen LogP contribution in [0.25, 0.3) is 10.9 Å². The monoisotopic (exact) mass is 1610 g/mol. The number of aromatic amines is 1. The Hall–Kier alpha value is -12.0. The summed E-state index contributed by atoms with van der Waals surface area (Å²) in [5.74, 6) is -29.0. The number of benzene rings is 1. The fraction of sp³-hybridized carbons (Fsp3) is 0.600. The highest BCUT2D eigenvalue weighted by Crippen LogP contribution is 2.21. The van der Waals surface area contributed by atoms with Crippen LogP contribution in [0.15, 0.2) is 30.5 Å². The van der Waals surface area contributed by atoms with Crippen molar-refractivity contribution in [2.75, 3.05) is 33.8 Å². The van der Waals surface area contributed by atoms with E-state index in [1.54, 1.807) is 30.5 Å². The normalized spacial score (nSPS) is 21.8. The summed E-state index contributed by atoms with van der Waals surface area (Å²) in [6.45, 7) is 6.36. The molecule has 0 radical (unpaired) electrons. The van der Waals surface area contributed by atoms with Gasteiger partial charge in [-0.05, 0) is 76.0 Å². The van der Waals surface area contributed by atoms with Gasteiger partial charge in [0.2, 0.25) is 94.5 Å². The molecular weight excluding hydrogens is 1510 g/mol. The molecule has 44 nitrogen and oxygen atoms in total. The number of hydrogen-bond acceptors (Lipinski definition) is 24. The summed E-state index contributed by atoms with van der Waals surface area (Å²) in [5, 5.41) is 67.8. The standard InChI is InChI=1S/C70H106N18O26/c1-32(2)17-11-9-10-12-21-47(91)78-41(25-36-29-75-38-19-14-13-18-37(36)38)62(103)83-43(27-46(73)90)65(106)86-54(56(98)58(74)99)67(108)85-53-35(6)114-70(112)52(33(3)4)84-61(102)40(22-23-50(94)95)81-63(104)42(26-45(72)89)79-48(92)30-76-66(107)55(57(113-8)69(110)111)87-60(101)39(20-15-16-24-71)80-64(105)44(28-51(96)97)82-59(100)34(5)77-49(93)31-88(7)68(53)109/h13-14,18-19,29,32-35,39-44,52-57,75,98H,9-12,15-17,20-28,30-31,71H2,1-8H3,(H2,72,89)(H2,73,90)(H2,74,99)(H,76,107)(H,77,93)(H,78,91)(H,79,92)(H,80,105)(H,81,104)(H,82,100)(H,83,103)(H,84,102)(H,85,108)(H,86,106)(H,87,101)(H,94,95)(H,96,97)(H,110,111). The number of esters is 1. The molecule has 0 saturated carbocycles. The number of para-hydroxylation sites is 1. The van der Waals surface area contributed by atoms with E-state index in [-0.39, 0.29) is 38.6 Å². The van der Waals surface area contributed by atoms with Crippen molar-refractivity contribution in [3.63, 3.8) is 0 Å². The van der Waals surface area contributed by atoms with Crippen molar-refractivity contribution in [3.8, 4) is 0 Å². The number of carboxylic acids is 3. The van der Waals surface area contributed by atoms with Crippen LogP contribution in [0.3, 0.4) is 0 Å². The first-order valence-electron chi connectivity index (χ1n) is 36.5. The number of likely N-dealkylation sites (N-methyl/N-ethyl adjacent to an activating group) is 1. The number of methoxy groups -OCH3 is 1. The van der Waals surface area contributed by atoms with Gasteiger partial charge in [0.15, 0.2) is 12.2 Å². The van der Waals surface area contributed by atoms with Crippen LogP contribution in [0.2, 0.25) is 0 Å². The molecule has 632 valence electrons. The number of ether oxygens (including phenoxy) is 2. The number of carbonyl (C=O) groups excluding carboxylic acids is 17. The fourth-order valence-electron chi connectivity index (χ4n) is 11.5. The number of nitrogens with zero attached hydrogens (tertiary/aromatic N) is 1. The molecule has 1 fully saturated rings. The van der Waals surface area contributed by atoms with Gasteiger partial charge in [-0.15, -0.1) is 0 Å². The predicted octanol–water partition coefficient (Wildman–Crippen LogP) is -7.60. The Kier molecular flexibility index (Phi) is 40.0. The van der Waals surface area contributed by atoms with E-state index in [0.29, 0.717) is 40.1 Å². The number of aliphatic hydroxyl groups is 1. The number of aromatic nitrogens is 1. The zero-order valence-corrected chi connectivity index (χ0v) is 64.4. The maximum atomic E-state index is 14.9. The number of carboxylic acid groups (broad SMARTS) is 3. The van der Waals surface area contributed by atoms with E-state index in [1.165, 1.54) is 13.8 Å². The first-order valence-corrected chi connectivity index (χ1v) is 36.5. The summed E-state index contributed by atoms with van der Waals surface area (Å²) < 4.78 is 10.6. The molecule has 114 heavy (non-hydrogen) atoms. The number of rotatable bonds is 35. The van der Waals surface area contributed by atoms with Crippen molar-refractivity contribution >= 4 is 129 Å². The van der Waals surface area contributed by atoms with E-state index in [1.807, 2.05) is 10.6 Å². The molecule has 0 spiro atoms. The van der Waals surface area contributed by atoms with E-state index in [4.69, 9.17) is 32.4 Å². The summed E-state index contributed by atoms with van der Waals surface area (Å²) >= 11 is 0. The maximum absolute atomic E-state index is 14.9. The van der Waals surface area contributed by atoms with Crippen LogP contribution in [0, 0.1) is 11.8 Å². The van der Waals surface area contributed by atoms with E-state index < -0.39 is 254 Å². The summed E-state index contributed by atoms with van der Waals surface area (Å²) in [6, 6.07) is -15.8.